The van der Waals surface area contributed by atoms with E-state index in [1.165, 1.54) is 18.2 Å². The number of phenolic OH excluding ortho intramolecular Hbond substituents is 1. The number of anilines is 1. The molecule has 0 spiro atoms. The van der Waals surface area contributed by atoms with Crippen LogP contribution in [0, 0.1) is 18.3 Å². The van der Waals surface area contributed by atoms with Crippen LogP contribution in [0.5, 0.6) is 5.75 Å². The number of amides is 1. The lowest BCUT2D eigenvalue weighted by Crippen LogP contribution is -2.21. The highest BCUT2D eigenvalue weighted by Gasteiger charge is 2.11. The van der Waals surface area contributed by atoms with Crippen LogP contribution in [0.2, 0.25) is 0 Å². The van der Waals surface area contributed by atoms with E-state index in [1.54, 1.807) is 13.0 Å². The Morgan fingerprint density at radius 3 is 2.70 bits per heavy atom. The van der Waals surface area contributed by atoms with Gasteiger partial charge < -0.3 is 20.8 Å². The molecule has 0 aliphatic heterocycles. The van der Waals surface area contributed by atoms with Gasteiger partial charge in [-0.3, -0.25) is 9.59 Å². The molecule has 104 valence electrons. The van der Waals surface area contributed by atoms with Crippen molar-refractivity contribution in [2.45, 2.75) is 6.92 Å². The van der Waals surface area contributed by atoms with Gasteiger partial charge in [0.05, 0.1) is 0 Å². The molecule has 7 nitrogen and oxygen atoms in total. The summed E-state index contributed by atoms with van der Waals surface area (Å²) in [4.78, 5) is 22.1. The number of carbonyl (C=O) groups excluding carboxylic acids is 1. The van der Waals surface area contributed by atoms with Crippen molar-refractivity contribution in [1.82, 2.24) is 5.32 Å². The molecule has 0 bridgehead atoms. The Hall–Kier alpha value is -3.01. The number of aliphatic carboxylic acids is 1. The Morgan fingerprint density at radius 1 is 1.45 bits per heavy atom. The van der Waals surface area contributed by atoms with Crippen LogP contribution in [0.1, 0.15) is 5.56 Å². The molecule has 0 aromatic heterocycles. The number of benzene rings is 1. The van der Waals surface area contributed by atoms with Crippen molar-refractivity contribution in [1.29, 1.82) is 5.26 Å². The van der Waals surface area contributed by atoms with Gasteiger partial charge in [0.25, 0.3) is 5.91 Å². The number of carboxylic acids is 1. The zero-order chi connectivity index (χ0) is 15.1. The van der Waals surface area contributed by atoms with Crippen molar-refractivity contribution in [3.63, 3.8) is 0 Å². The van der Waals surface area contributed by atoms with E-state index in [4.69, 9.17) is 10.4 Å². The normalized spacial score (nSPS) is 10.5. The molecule has 0 atom stereocenters. The summed E-state index contributed by atoms with van der Waals surface area (Å²) < 4.78 is 0. The van der Waals surface area contributed by atoms with Crippen LogP contribution in [-0.4, -0.2) is 28.6 Å². The number of aromatic hydroxyl groups is 1. The average molecular weight is 275 g/mol. The summed E-state index contributed by atoms with van der Waals surface area (Å²) in [5, 5.41) is 31.4. The molecule has 0 aliphatic rings. The second kappa shape index (κ2) is 6.80. The van der Waals surface area contributed by atoms with Gasteiger partial charge in [-0.25, -0.2) is 0 Å². The van der Waals surface area contributed by atoms with E-state index in [1.807, 2.05) is 0 Å². The Bertz CT molecular complexity index is 602. The highest BCUT2D eigenvalue weighted by atomic mass is 16.4. The SMILES string of the molecule is Cc1cc(O)ccc1NC(=O)/C(C#N)=C\NCC(=O)O. The van der Waals surface area contributed by atoms with E-state index < -0.39 is 18.4 Å². The number of nitrogens with one attached hydrogen (secondary N) is 2. The van der Waals surface area contributed by atoms with Crippen molar-refractivity contribution >= 4 is 17.6 Å². The maximum atomic E-state index is 11.8. The lowest BCUT2D eigenvalue weighted by atomic mass is 10.2. The third-order valence-corrected chi connectivity index (χ3v) is 2.32. The van der Waals surface area contributed by atoms with Crippen LogP contribution < -0.4 is 10.6 Å². The molecule has 0 saturated heterocycles. The molecule has 1 aromatic rings. The number of nitrogens with zero attached hydrogens (tertiary/aromatic N) is 1. The smallest absolute Gasteiger partial charge is 0.322 e. The van der Waals surface area contributed by atoms with Crippen LogP contribution in [0.4, 0.5) is 5.69 Å². The Morgan fingerprint density at radius 2 is 2.15 bits per heavy atom. The van der Waals surface area contributed by atoms with Crippen LogP contribution in [0.3, 0.4) is 0 Å². The van der Waals surface area contributed by atoms with E-state index >= 15 is 0 Å². The highest BCUT2D eigenvalue weighted by molar-refractivity contribution is 6.06. The highest BCUT2D eigenvalue weighted by Crippen LogP contribution is 2.20. The molecule has 0 unspecified atom stereocenters. The monoisotopic (exact) mass is 275 g/mol. The van der Waals surface area contributed by atoms with Crippen molar-refractivity contribution in [2.24, 2.45) is 0 Å². The topological polar surface area (TPSA) is 122 Å². The van der Waals surface area contributed by atoms with Crippen LogP contribution >= 0.6 is 0 Å². The molecule has 4 N–H and O–H groups in total. The first-order valence-corrected chi connectivity index (χ1v) is 5.60. The second-order valence-electron chi connectivity index (χ2n) is 3.90. The Labute approximate surface area is 115 Å². The summed E-state index contributed by atoms with van der Waals surface area (Å²) >= 11 is 0. The summed E-state index contributed by atoms with van der Waals surface area (Å²) in [5.41, 5.74) is 0.833. The predicted octanol–water partition coefficient (Wildman–Crippen LogP) is 0.721. The number of carbonyl (C=O) groups is 2. The lowest BCUT2D eigenvalue weighted by Gasteiger charge is -2.08. The largest absolute Gasteiger partial charge is 0.508 e. The quantitative estimate of drug-likeness (QED) is 0.357. The van der Waals surface area contributed by atoms with E-state index in [-0.39, 0.29) is 11.3 Å². The number of hydrogen-bond acceptors (Lipinski definition) is 5. The molecule has 7 heteroatoms. The number of carboxylic acid groups (broad SMARTS) is 1. The van der Waals surface area contributed by atoms with Gasteiger partial charge in [0.15, 0.2) is 0 Å². The van der Waals surface area contributed by atoms with E-state index in [2.05, 4.69) is 10.6 Å². The fraction of sp³-hybridized carbons (Fsp3) is 0.154. The molecule has 1 rings (SSSR count). The number of hydrogen-bond donors (Lipinski definition) is 4. The third-order valence-electron chi connectivity index (χ3n) is 2.32. The third kappa shape index (κ3) is 4.34. The van der Waals surface area contributed by atoms with E-state index in [9.17, 15) is 14.7 Å². The first-order valence-electron chi connectivity index (χ1n) is 5.60. The number of phenols is 1. The molecule has 0 aliphatic carbocycles. The van der Waals surface area contributed by atoms with Gasteiger partial charge in [-0.05, 0) is 30.7 Å². The summed E-state index contributed by atoms with van der Waals surface area (Å²) in [6.07, 6.45) is 1.04. The van der Waals surface area contributed by atoms with Crippen molar-refractivity contribution in [3.05, 3.63) is 35.5 Å². The molecule has 0 saturated carbocycles. The minimum Gasteiger partial charge on any atom is -0.508 e. The maximum absolute atomic E-state index is 11.8. The maximum Gasteiger partial charge on any atom is 0.322 e. The van der Waals surface area contributed by atoms with Gasteiger partial charge in [0.1, 0.15) is 23.9 Å². The average Bonchev–Trinajstić information content (AvgIpc) is 2.37. The molecule has 1 aromatic carbocycles. The molecular weight excluding hydrogens is 262 g/mol. The lowest BCUT2D eigenvalue weighted by molar-refractivity contribution is -0.135. The zero-order valence-corrected chi connectivity index (χ0v) is 10.7. The molecule has 20 heavy (non-hydrogen) atoms. The molecule has 1 amide bonds. The van der Waals surface area contributed by atoms with Crippen molar-refractivity contribution in [3.8, 4) is 11.8 Å². The van der Waals surface area contributed by atoms with Gasteiger partial charge in [0.2, 0.25) is 0 Å². The van der Waals surface area contributed by atoms with Gasteiger partial charge >= 0.3 is 5.97 Å². The minimum absolute atomic E-state index is 0.0691. The standard InChI is InChI=1S/C13H13N3O4/c1-8-4-10(17)2-3-11(8)16-13(20)9(5-14)6-15-7-12(18)19/h2-4,6,15,17H,7H2,1H3,(H,16,20)(H,18,19)/b9-6-. The molecular formula is C13H13N3O4. The Balaban J connectivity index is 2.77. The van der Waals surface area contributed by atoms with Crippen LogP contribution in [-0.2, 0) is 9.59 Å². The summed E-state index contributed by atoms with van der Waals surface area (Å²) in [7, 11) is 0. The first-order chi connectivity index (χ1) is 9.43. The molecule has 0 fully saturated rings. The number of aryl methyl sites for hydroxylation is 1. The fourth-order valence-corrected chi connectivity index (χ4v) is 1.37. The van der Waals surface area contributed by atoms with Gasteiger partial charge in [0, 0.05) is 11.9 Å². The Kier molecular flexibility index (Phi) is 5.12. The van der Waals surface area contributed by atoms with Crippen LogP contribution in [0.25, 0.3) is 0 Å². The fourth-order valence-electron chi connectivity index (χ4n) is 1.37. The number of rotatable bonds is 5. The van der Waals surface area contributed by atoms with E-state index in [0.29, 0.717) is 11.3 Å². The molecule has 0 radical (unpaired) electrons. The predicted molar refractivity (Wildman–Crippen MR) is 70.8 cm³/mol. The zero-order valence-electron chi connectivity index (χ0n) is 10.7. The van der Waals surface area contributed by atoms with Gasteiger partial charge in [-0.15, -0.1) is 0 Å². The second-order valence-corrected chi connectivity index (χ2v) is 3.90. The van der Waals surface area contributed by atoms with Crippen LogP contribution in [0.15, 0.2) is 30.0 Å². The molecule has 0 heterocycles. The number of nitriles is 1. The van der Waals surface area contributed by atoms with Gasteiger partial charge in [-0.2, -0.15) is 5.26 Å². The summed E-state index contributed by atoms with van der Waals surface area (Å²) in [5.74, 6) is -1.70. The van der Waals surface area contributed by atoms with Gasteiger partial charge in [-0.1, -0.05) is 0 Å². The van der Waals surface area contributed by atoms with Crippen molar-refractivity contribution < 1.29 is 19.8 Å². The first kappa shape index (κ1) is 15.0. The summed E-state index contributed by atoms with van der Waals surface area (Å²) in [6.45, 7) is 1.30. The van der Waals surface area contributed by atoms with Crippen molar-refractivity contribution in [2.75, 3.05) is 11.9 Å². The minimum atomic E-state index is -1.10. The summed E-state index contributed by atoms with van der Waals surface area (Å²) in [6, 6.07) is 6.04. The van der Waals surface area contributed by atoms with E-state index in [0.717, 1.165) is 6.20 Å².